The highest BCUT2D eigenvalue weighted by molar-refractivity contribution is 6.63. The Morgan fingerprint density at radius 3 is 1.74 bits per heavy atom. The van der Waals surface area contributed by atoms with Crippen molar-refractivity contribution in [2.45, 2.75) is 34.2 Å². The Hall–Kier alpha value is -12.8. The Bertz CT molecular complexity index is 4550. The lowest BCUT2D eigenvalue weighted by Crippen LogP contribution is -2.28. The molecule has 2 aliphatic heterocycles. The number of aryl methyl sites for hydroxylation is 2. The van der Waals surface area contributed by atoms with Gasteiger partial charge in [0.25, 0.3) is 0 Å². The molecule has 6 aromatic rings. The van der Waals surface area contributed by atoms with E-state index in [1.54, 1.807) is 79.9 Å². The first-order chi connectivity index (χ1) is 47.3. The second-order valence-electron chi connectivity index (χ2n) is 21.6. The predicted molar refractivity (Wildman–Crippen MR) is 388 cm³/mol. The van der Waals surface area contributed by atoms with Crippen LogP contribution in [-0.4, -0.2) is 161 Å². The minimum atomic E-state index is -0.314. The molecular formula is C69H75N19O11. The first-order valence-corrected chi connectivity index (χ1v) is 30.2. The smallest absolute Gasteiger partial charge is 0.220 e. The van der Waals surface area contributed by atoms with Gasteiger partial charge in [0, 0.05) is 29.3 Å². The van der Waals surface area contributed by atoms with E-state index in [9.17, 15) is 24.6 Å². The third-order valence-corrected chi connectivity index (χ3v) is 14.2. The molecule has 1 aromatic heterocycles. The van der Waals surface area contributed by atoms with Gasteiger partial charge in [-0.15, -0.1) is 0 Å². The van der Waals surface area contributed by atoms with Gasteiger partial charge in [-0.3, -0.25) is 19.8 Å². The van der Waals surface area contributed by atoms with Crippen molar-refractivity contribution in [3.05, 3.63) is 179 Å². The molecule has 512 valence electrons. The van der Waals surface area contributed by atoms with Gasteiger partial charge in [0.1, 0.15) is 53.4 Å². The number of fused-ring (bicyclic) bond motifs is 1. The molecule has 3 aliphatic carbocycles. The number of rotatable bonds is 15. The van der Waals surface area contributed by atoms with Crippen molar-refractivity contribution < 1.29 is 54.5 Å². The van der Waals surface area contributed by atoms with E-state index >= 15 is 0 Å². The number of nitrogens with two attached hydrogens (primary N) is 7. The molecule has 11 rings (SSSR count). The number of phenolic OH excluding ortho intramolecular Hbond substituents is 2. The molecule has 5 aromatic carbocycles. The zero-order valence-corrected chi connectivity index (χ0v) is 54.3. The lowest BCUT2D eigenvalue weighted by molar-refractivity contribution is -0.110. The van der Waals surface area contributed by atoms with Crippen LogP contribution in [0.1, 0.15) is 40.9 Å². The fourth-order valence-corrected chi connectivity index (χ4v) is 8.98. The normalized spacial score (nSPS) is 16.3. The number of aliphatic hydroxyl groups is 4. The molecule has 0 amide bonds. The largest absolute Gasteiger partial charge is 0.508 e. The highest BCUT2D eigenvalue weighted by atomic mass is 16.5. The molecule has 0 radical (unpaired) electrons. The molecular weight excluding hydrogens is 1270 g/mol. The summed E-state index contributed by atoms with van der Waals surface area (Å²) in [4.78, 5) is 59.8. The number of allylic oxidation sites excluding steroid dienone is 10. The lowest BCUT2D eigenvalue weighted by Gasteiger charge is -2.12. The van der Waals surface area contributed by atoms with Gasteiger partial charge in [-0.2, -0.15) is 10.2 Å². The van der Waals surface area contributed by atoms with Gasteiger partial charge in [-0.1, -0.05) is 24.3 Å². The summed E-state index contributed by atoms with van der Waals surface area (Å²) in [7, 11) is 0. The van der Waals surface area contributed by atoms with Crippen LogP contribution in [0.15, 0.2) is 192 Å². The number of nitrogens with zero attached hydrogens (tertiary/aromatic N) is 10. The molecule has 0 unspecified atom stereocenters. The van der Waals surface area contributed by atoms with Crippen LogP contribution in [-0.2, 0) is 16.1 Å². The van der Waals surface area contributed by atoms with Gasteiger partial charge in [0.05, 0.1) is 126 Å². The van der Waals surface area contributed by atoms with Gasteiger partial charge >= 0.3 is 0 Å². The number of carbonyl (C=O) groups is 3. The number of hydrogen-bond donors (Lipinski definition) is 15. The molecule has 0 saturated carbocycles. The maximum atomic E-state index is 11.8. The average molecular weight is 1350 g/mol. The van der Waals surface area contributed by atoms with Crippen LogP contribution < -0.4 is 49.6 Å². The van der Waals surface area contributed by atoms with Crippen LogP contribution in [0.25, 0.3) is 0 Å². The Morgan fingerprint density at radius 1 is 0.525 bits per heavy atom. The second-order valence-corrected chi connectivity index (χ2v) is 21.6. The van der Waals surface area contributed by atoms with E-state index in [1.807, 2.05) is 45.0 Å². The number of aromatic hydroxyl groups is 2. The van der Waals surface area contributed by atoms with E-state index in [0.717, 1.165) is 22.3 Å². The SMILES string of the molecule is CC1=CC(=Nc2cc(OCCO)c(N)cc2N)C=CC1=N.CC1=CC(=O)C=CC1=Nc1cc(C)c(O)cc1N.Cc1cc(O)ccc1N=C1C=CC(=O)C(N)=N1.N=C1C(=Nc2cc(OCCO)c(N)cc2N)C=NN1CCO.Nc1c(N=C2C=CC(=O)c3ccccc32)cnn1CCO. The zero-order chi connectivity index (χ0) is 72.0. The van der Waals surface area contributed by atoms with Gasteiger partial charge in [-0.05, 0) is 147 Å². The Kier molecular flexibility index (Phi) is 25.7. The number of nitrogen functional groups attached to an aromatic ring is 6. The minimum Gasteiger partial charge on any atom is -0.508 e. The van der Waals surface area contributed by atoms with Crippen LogP contribution >= 0.6 is 0 Å². The average Bonchev–Trinajstić information content (AvgIpc) is 1.68. The number of phenols is 2. The fourth-order valence-electron chi connectivity index (χ4n) is 8.98. The number of ether oxygens (including phenoxy) is 2. The molecule has 99 heavy (non-hydrogen) atoms. The predicted octanol–water partition coefficient (Wildman–Crippen LogP) is 6.39. The van der Waals surface area contributed by atoms with E-state index in [1.165, 1.54) is 64.5 Å². The number of aliphatic imine (C=N–C) groups is 6. The van der Waals surface area contributed by atoms with Crippen molar-refractivity contribution in [2.75, 3.05) is 80.6 Å². The van der Waals surface area contributed by atoms with Crippen molar-refractivity contribution in [3.63, 3.8) is 0 Å². The summed E-state index contributed by atoms with van der Waals surface area (Å²) < 4.78 is 12.1. The number of amidine groups is 3. The van der Waals surface area contributed by atoms with E-state index in [2.05, 4.69) is 40.2 Å². The standard InChI is InChI=1S/C15H14N4O2.C15H18N4O2.C14H14N2O2.C13H18N6O3.C12H11N3O2/c16-15-13(9-17-19(15)7-8-20)18-12-5-6-14(21)11-4-2-1-3-10(11)12;1-9-6-10(2-3-11(9)16)19-14-8-15(21-5-4-20)13(18)7-12(14)17;1-8-5-10(17)3-4-12(8)16-13-6-9(2)14(18)7-11(13)15;14-8-5-9(15)12(22-4-3-21)6-10(8)18-11-7-17-19(1-2-20)13(11)16;1-7-6-8(16)2-3-9(7)14-11-5-4-10(17)12(13)15-11/h1-6,9,20H,7-8,16H2;2-3,6-8,16,20H,4-5,17-18H2,1H3;3-7,18H,15H2,1-2H3;5-7,16,20-21H,1-4,14-15H2;2-6,16H,1H3,(H2,13,14,15). The number of β-amino-alcohol motifs (C(OH)–C–C–N with tert-alkyl or cyclic N) is 1. The molecule has 0 atom stereocenters. The summed E-state index contributed by atoms with van der Waals surface area (Å²) >= 11 is 0. The summed E-state index contributed by atoms with van der Waals surface area (Å²) in [6, 6.07) is 21.6. The Labute approximate surface area is 568 Å². The van der Waals surface area contributed by atoms with E-state index < -0.39 is 0 Å². The van der Waals surface area contributed by atoms with Crippen molar-refractivity contribution in [1.82, 2.24) is 14.8 Å². The highest BCUT2D eigenvalue weighted by Gasteiger charge is 2.22. The second kappa shape index (κ2) is 34.6. The van der Waals surface area contributed by atoms with Crippen molar-refractivity contribution >= 4 is 132 Å². The fraction of sp³-hybridized carbons (Fsp3) is 0.174. The topological polar surface area (TPSA) is 528 Å². The Morgan fingerprint density at radius 2 is 1.12 bits per heavy atom. The molecule has 3 heterocycles. The number of aliphatic hydroxyl groups excluding tert-OH is 4. The summed E-state index contributed by atoms with van der Waals surface area (Å²) in [5.41, 5.74) is 52.6. The molecule has 0 spiro atoms. The molecule has 30 heteroatoms. The molecule has 22 N–H and O–H groups in total. The molecule has 0 saturated heterocycles. The van der Waals surface area contributed by atoms with Crippen LogP contribution in [0.2, 0.25) is 0 Å². The van der Waals surface area contributed by atoms with Crippen LogP contribution in [0.3, 0.4) is 0 Å². The number of aromatic nitrogens is 2. The third kappa shape index (κ3) is 20.1. The zero-order valence-electron chi connectivity index (χ0n) is 54.3. The first-order valence-electron chi connectivity index (χ1n) is 30.2. The van der Waals surface area contributed by atoms with E-state index in [-0.39, 0.29) is 86.7 Å². The number of dihydropyridines is 1. The summed E-state index contributed by atoms with van der Waals surface area (Å²) in [5.74, 6) is 1.51. The number of carbonyl (C=O) groups excluding carboxylic acids is 3. The number of hydrogen-bond acceptors (Lipinski definition) is 27. The van der Waals surface area contributed by atoms with Crippen molar-refractivity contribution in [2.24, 2.45) is 40.8 Å². The maximum Gasteiger partial charge on any atom is 0.220 e. The van der Waals surface area contributed by atoms with Crippen molar-refractivity contribution in [1.29, 1.82) is 10.8 Å². The van der Waals surface area contributed by atoms with Gasteiger partial charge < -0.3 is 85.7 Å². The van der Waals surface area contributed by atoms with Gasteiger partial charge in [-0.25, -0.2) is 39.6 Å². The minimum absolute atomic E-state index is 0.0338. The van der Waals surface area contributed by atoms with Crippen LogP contribution in [0.4, 0.5) is 62.7 Å². The highest BCUT2D eigenvalue weighted by Crippen LogP contribution is 2.36. The first kappa shape index (κ1) is 73.6. The number of hydrazone groups is 1. The molecule has 30 nitrogen and oxygen atoms in total. The molecule has 0 bridgehead atoms. The quantitative estimate of drug-likeness (QED) is 0.0391. The maximum absolute atomic E-state index is 11.8. The number of nitrogens with one attached hydrogen (secondary N) is 2. The third-order valence-electron chi connectivity index (χ3n) is 14.2. The van der Waals surface area contributed by atoms with Crippen LogP contribution in [0.5, 0.6) is 23.0 Å². The monoisotopic (exact) mass is 1350 g/mol. The summed E-state index contributed by atoms with van der Waals surface area (Å²) in [6.07, 6.45) is 18.9. The van der Waals surface area contributed by atoms with Gasteiger partial charge in [0.15, 0.2) is 29.1 Å². The van der Waals surface area contributed by atoms with E-state index in [4.69, 9.17) is 80.9 Å². The van der Waals surface area contributed by atoms with Crippen molar-refractivity contribution in [3.8, 4) is 23.0 Å². The summed E-state index contributed by atoms with van der Waals surface area (Å²) in [5, 5.41) is 79.2. The van der Waals surface area contributed by atoms with Crippen LogP contribution in [0, 0.1) is 24.7 Å². The lowest BCUT2D eigenvalue weighted by atomic mass is 9.94. The number of anilines is 6. The summed E-state index contributed by atoms with van der Waals surface area (Å²) in [6.45, 7) is 7.68. The van der Waals surface area contributed by atoms with Gasteiger partial charge in [0.2, 0.25) is 5.78 Å². The molecule has 0 fully saturated rings. The number of benzene rings is 5. The molecule has 5 aliphatic rings. The number of ketones is 3. The van der Waals surface area contributed by atoms with E-state index in [0.29, 0.717) is 126 Å². The Balaban J connectivity index is 0.000000175.